The molecule has 232 valence electrons. The molecule has 0 aromatic heterocycles. The Morgan fingerprint density at radius 1 is 0.795 bits per heavy atom. The largest absolute Gasteiger partial charge is 0.461 e. The van der Waals surface area contributed by atoms with Gasteiger partial charge in [-0.25, -0.2) is 13.2 Å². The minimum atomic E-state index is -5.19. The van der Waals surface area contributed by atoms with Gasteiger partial charge in [0.05, 0.1) is 15.6 Å². The molecule has 1 atom stereocenters. The lowest BCUT2D eigenvalue weighted by molar-refractivity contribution is -0.253. The summed E-state index contributed by atoms with van der Waals surface area (Å²) in [4.78, 5) is 13.6. The highest BCUT2D eigenvalue weighted by atomic mass is 79.9. The van der Waals surface area contributed by atoms with Crippen molar-refractivity contribution in [3.05, 3.63) is 135 Å². The van der Waals surface area contributed by atoms with E-state index in [1.165, 1.54) is 0 Å². The Kier molecular flexibility index (Phi) is 9.33. The van der Waals surface area contributed by atoms with Crippen LogP contribution in [0.3, 0.4) is 0 Å². The Bertz CT molecular complexity index is 1660. The molecule has 4 aromatic carbocycles. The molecule has 0 aliphatic carbocycles. The van der Waals surface area contributed by atoms with Gasteiger partial charge in [0.2, 0.25) is 0 Å². The Morgan fingerprint density at radius 2 is 1.45 bits per heavy atom. The summed E-state index contributed by atoms with van der Waals surface area (Å²) >= 11 is 3.00. The molecule has 1 amide bonds. The number of benzene rings is 4. The predicted octanol–water partition coefficient (Wildman–Crippen LogP) is 9.04. The van der Waals surface area contributed by atoms with Crippen molar-refractivity contribution < 1.29 is 53.4 Å². The van der Waals surface area contributed by atoms with Crippen LogP contribution in [0.2, 0.25) is 0 Å². The van der Waals surface area contributed by atoms with Crippen LogP contribution in [0.1, 0.15) is 32.6 Å². The van der Waals surface area contributed by atoms with E-state index >= 15 is 0 Å². The summed E-state index contributed by atoms with van der Waals surface area (Å²) < 4.78 is 141. The van der Waals surface area contributed by atoms with Crippen molar-refractivity contribution in [3.63, 3.8) is 0 Å². The topological polar surface area (TPSA) is 38.3 Å². The zero-order valence-corrected chi connectivity index (χ0v) is 23.4. The zero-order chi connectivity index (χ0) is 32.4. The normalized spacial score (nSPS) is 13.5. The summed E-state index contributed by atoms with van der Waals surface area (Å²) in [6.07, 6.45) is -14.9. The van der Waals surface area contributed by atoms with Gasteiger partial charge in [0.25, 0.3) is 5.91 Å². The number of ether oxygens (including phenoxy) is 1. The standard InChI is InChI=1S/C30H18BrF10NO2/c31-23-13-18(7-9-25(23)34)28(15-16-4-2-1-3-5-16,19-11-20(32)14-21(12-19)44-30(40,41)27(35)36)42-26(43)17-6-8-24(33)22(10-17)29(37,38)39/h1-14,27H,15H2,(H,42,43)/t28-/m1/s1. The fraction of sp³-hybridized carbons (Fsp3) is 0.167. The molecule has 0 bridgehead atoms. The van der Waals surface area contributed by atoms with Crippen LogP contribution in [-0.4, -0.2) is 18.4 Å². The summed E-state index contributed by atoms with van der Waals surface area (Å²) in [6, 6.07) is 14.3. The molecule has 4 rings (SSSR count). The number of hydrogen-bond acceptors (Lipinski definition) is 2. The van der Waals surface area contributed by atoms with Gasteiger partial charge in [-0.3, -0.25) is 4.79 Å². The highest BCUT2D eigenvalue weighted by Gasteiger charge is 2.45. The first-order valence-corrected chi connectivity index (χ1v) is 13.2. The molecule has 44 heavy (non-hydrogen) atoms. The Hall–Kier alpha value is -4.07. The molecule has 0 saturated carbocycles. The van der Waals surface area contributed by atoms with Crippen molar-refractivity contribution >= 4 is 21.8 Å². The smallest absolute Gasteiger partial charge is 0.428 e. The number of rotatable bonds is 9. The maximum atomic E-state index is 15.0. The molecule has 0 heterocycles. The lowest BCUT2D eigenvalue weighted by atomic mass is 9.77. The van der Waals surface area contributed by atoms with Crippen molar-refractivity contribution in [1.82, 2.24) is 5.32 Å². The molecule has 0 radical (unpaired) electrons. The first kappa shape index (κ1) is 32.8. The lowest BCUT2D eigenvalue weighted by Gasteiger charge is -2.37. The second-order valence-corrected chi connectivity index (χ2v) is 10.3. The number of carbonyl (C=O) groups is 1. The molecule has 4 aromatic rings. The Balaban J connectivity index is 1.99. The third-order valence-electron chi connectivity index (χ3n) is 6.46. The molecule has 0 fully saturated rings. The van der Waals surface area contributed by atoms with Crippen molar-refractivity contribution in [3.8, 4) is 5.75 Å². The maximum absolute atomic E-state index is 15.0. The van der Waals surface area contributed by atoms with Crippen LogP contribution in [0.25, 0.3) is 0 Å². The van der Waals surface area contributed by atoms with Gasteiger partial charge in [-0.1, -0.05) is 36.4 Å². The Morgan fingerprint density at radius 3 is 2.07 bits per heavy atom. The number of nitrogens with one attached hydrogen (secondary N) is 1. The second-order valence-electron chi connectivity index (χ2n) is 9.48. The summed E-state index contributed by atoms with van der Waals surface area (Å²) in [5, 5.41) is 2.48. The van der Waals surface area contributed by atoms with E-state index in [1.807, 2.05) is 0 Å². The molecule has 3 nitrogen and oxygen atoms in total. The lowest BCUT2D eigenvalue weighted by Crippen LogP contribution is -2.49. The molecule has 1 N–H and O–H groups in total. The maximum Gasteiger partial charge on any atom is 0.461 e. The molecule has 0 aliphatic heterocycles. The number of hydrogen-bond donors (Lipinski definition) is 1. The van der Waals surface area contributed by atoms with E-state index in [2.05, 4.69) is 26.0 Å². The van der Waals surface area contributed by atoms with Crippen LogP contribution in [0.15, 0.2) is 89.4 Å². The number of halogens is 11. The monoisotopic (exact) mass is 693 g/mol. The van der Waals surface area contributed by atoms with E-state index in [4.69, 9.17) is 0 Å². The highest BCUT2D eigenvalue weighted by Crippen LogP contribution is 2.39. The first-order chi connectivity index (χ1) is 20.5. The minimum absolute atomic E-state index is 0.0432. The SMILES string of the molecule is O=C(N[C@@](Cc1ccccc1)(c1cc(F)cc(OC(F)(F)C(F)F)c1)c1ccc(F)c(Br)c1)c1ccc(F)c(C(F)(F)F)c1. The molecule has 14 heteroatoms. The molecule has 0 unspecified atom stereocenters. The average Bonchev–Trinajstić information content (AvgIpc) is 2.93. The minimum Gasteiger partial charge on any atom is -0.428 e. The van der Waals surface area contributed by atoms with E-state index in [0.29, 0.717) is 17.7 Å². The summed E-state index contributed by atoms with van der Waals surface area (Å²) in [6.45, 7) is 0. The van der Waals surface area contributed by atoms with Gasteiger partial charge in [-0.05, 0) is 75.1 Å². The molecule has 0 spiro atoms. The molecular weight excluding hydrogens is 676 g/mol. The average molecular weight is 694 g/mol. The van der Waals surface area contributed by atoms with Crippen molar-refractivity contribution in [1.29, 1.82) is 0 Å². The summed E-state index contributed by atoms with van der Waals surface area (Å²) in [7, 11) is 0. The number of amides is 1. The highest BCUT2D eigenvalue weighted by molar-refractivity contribution is 9.10. The van der Waals surface area contributed by atoms with Gasteiger partial charge in [0.1, 0.15) is 23.2 Å². The van der Waals surface area contributed by atoms with E-state index in [0.717, 1.165) is 36.4 Å². The van der Waals surface area contributed by atoms with Gasteiger partial charge in [0, 0.05) is 18.1 Å². The third kappa shape index (κ3) is 7.17. The third-order valence-corrected chi connectivity index (χ3v) is 7.07. The zero-order valence-electron chi connectivity index (χ0n) is 21.8. The number of carbonyl (C=O) groups excluding carboxylic acids is 1. The van der Waals surface area contributed by atoms with Crippen LogP contribution in [0, 0.1) is 17.5 Å². The van der Waals surface area contributed by atoms with Crippen molar-refractivity contribution in [2.24, 2.45) is 0 Å². The fourth-order valence-corrected chi connectivity index (χ4v) is 4.82. The van der Waals surface area contributed by atoms with E-state index in [9.17, 15) is 48.7 Å². The predicted molar refractivity (Wildman–Crippen MR) is 142 cm³/mol. The first-order valence-electron chi connectivity index (χ1n) is 12.4. The van der Waals surface area contributed by atoms with E-state index in [1.54, 1.807) is 30.3 Å². The quantitative estimate of drug-likeness (QED) is 0.178. The molecule has 0 aliphatic rings. The summed E-state index contributed by atoms with van der Waals surface area (Å²) in [5.41, 5.74) is -4.62. The van der Waals surface area contributed by atoms with Gasteiger partial charge in [0.15, 0.2) is 0 Å². The van der Waals surface area contributed by atoms with Gasteiger partial charge < -0.3 is 10.1 Å². The van der Waals surface area contributed by atoms with Gasteiger partial charge >= 0.3 is 18.7 Å². The van der Waals surface area contributed by atoms with Crippen LogP contribution < -0.4 is 10.1 Å². The summed E-state index contributed by atoms with van der Waals surface area (Å²) in [5.74, 6) is -6.09. The Labute approximate surface area is 251 Å². The van der Waals surface area contributed by atoms with Crippen molar-refractivity contribution in [2.75, 3.05) is 0 Å². The van der Waals surface area contributed by atoms with Crippen LogP contribution in [0.4, 0.5) is 43.9 Å². The number of alkyl halides is 7. The van der Waals surface area contributed by atoms with Crippen LogP contribution in [-0.2, 0) is 18.1 Å². The second kappa shape index (κ2) is 12.5. The van der Waals surface area contributed by atoms with E-state index in [-0.39, 0.29) is 22.5 Å². The van der Waals surface area contributed by atoms with Crippen molar-refractivity contribution in [2.45, 2.75) is 30.7 Å². The molecule has 0 saturated heterocycles. The van der Waals surface area contributed by atoms with Crippen LogP contribution >= 0.6 is 15.9 Å². The van der Waals surface area contributed by atoms with Gasteiger partial charge in [-0.15, -0.1) is 0 Å². The van der Waals surface area contributed by atoms with E-state index < -0.39 is 70.0 Å². The molecular formula is C30H18BrF10NO2. The fourth-order valence-electron chi connectivity index (χ4n) is 4.44. The van der Waals surface area contributed by atoms with Gasteiger partial charge in [-0.2, -0.15) is 30.7 Å². The van der Waals surface area contributed by atoms with Crippen LogP contribution in [0.5, 0.6) is 5.75 Å².